The number of rotatable bonds is 7. The summed E-state index contributed by atoms with van der Waals surface area (Å²) in [6.07, 6.45) is 10.8. The van der Waals surface area contributed by atoms with Gasteiger partial charge < -0.3 is 5.73 Å². The highest BCUT2D eigenvalue weighted by Gasteiger charge is 2.00. The summed E-state index contributed by atoms with van der Waals surface area (Å²) in [5.74, 6) is 0.539. The van der Waals surface area contributed by atoms with Crippen molar-refractivity contribution < 1.29 is 0 Å². The molecule has 3 heteroatoms. The van der Waals surface area contributed by atoms with E-state index in [1.165, 1.54) is 38.5 Å². The number of unbranched alkanes of at least 4 members (excludes halogenated alkanes) is 5. The molecule has 2 N–H and O–H groups in total. The van der Waals surface area contributed by atoms with Crippen LogP contribution in [-0.4, -0.2) is 9.97 Å². The van der Waals surface area contributed by atoms with Gasteiger partial charge in [0, 0.05) is 23.3 Å². The lowest BCUT2D eigenvalue weighted by molar-refractivity contribution is 0.605. The van der Waals surface area contributed by atoms with E-state index < -0.39 is 0 Å². The van der Waals surface area contributed by atoms with Crippen LogP contribution in [0, 0.1) is 0 Å². The zero-order chi connectivity index (χ0) is 13.5. The normalized spacial score (nSPS) is 11.0. The Labute approximate surface area is 115 Å². The first-order chi connectivity index (χ1) is 9.29. The van der Waals surface area contributed by atoms with Crippen molar-refractivity contribution in [1.29, 1.82) is 0 Å². The molecule has 0 saturated carbocycles. The van der Waals surface area contributed by atoms with Crippen LogP contribution in [0.5, 0.6) is 0 Å². The molecule has 2 rings (SSSR count). The highest BCUT2D eigenvalue weighted by Crippen LogP contribution is 2.15. The molecule has 2 aromatic rings. The third kappa shape index (κ3) is 4.19. The summed E-state index contributed by atoms with van der Waals surface area (Å²) in [6, 6.07) is 6.04. The van der Waals surface area contributed by atoms with Crippen LogP contribution in [0.15, 0.2) is 24.4 Å². The predicted molar refractivity (Wildman–Crippen MR) is 81.0 cm³/mol. The number of anilines is 1. The number of nitrogen functional groups attached to an aromatic ring is 1. The Hall–Kier alpha value is -1.64. The molecular weight excluding hydrogens is 234 g/mol. The molecule has 0 aliphatic heterocycles. The first kappa shape index (κ1) is 13.8. The van der Waals surface area contributed by atoms with Crippen LogP contribution in [0.2, 0.25) is 0 Å². The maximum atomic E-state index is 5.69. The number of hydrogen-bond donors (Lipinski definition) is 1. The lowest BCUT2D eigenvalue weighted by Crippen LogP contribution is -1.94. The summed E-state index contributed by atoms with van der Waals surface area (Å²) in [5, 5.41) is 1.06. The molecular formula is C16H23N3. The molecule has 2 heterocycles. The van der Waals surface area contributed by atoms with E-state index in [0.29, 0.717) is 5.82 Å². The topological polar surface area (TPSA) is 51.8 Å². The van der Waals surface area contributed by atoms with Crippen LogP contribution < -0.4 is 5.73 Å². The fourth-order valence-electron chi connectivity index (χ4n) is 2.30. The van der Waals surface area contributed by atoms with Crippen LogP contribution in [-0.2, 0) is 6.42 Å². The summed E-state index contributed by atoms with van der Waals surface area (Å²) in [6.45, 7) is 2.25. The van der Waals surface area contributed by atoms with Crippen LogP contribution in [0.3, 0.4) is 0 Å². The summed E-state index contributed by atoms with van der Waals surface area (Å²) in [5.41, 5.74) is 7.81. The summed E-state index contributed by atoms with van der Waals surface area (Å²) < 4.78 is 0. The highest BCUT2D eigenvalue weighted by molar-refractivity contribution is 5.79. The standard InChI is InChI=1S/C16H23N3/c1-2-3-4-5-6-7-8-14-10-9-13-12-18-16(17)11-15(13)19-14/h9-12H,2-8H2,1H3,(H2,17,18). The fraction of sp³-hybridized carbons (Fsp3) is 0.500. The fourth-order valence-corrected chi connectivity index (χ4v) is 2.30. The van der Waals surface area contributed by atoms with Crippen LogP contribution in [0.1, 0.15) is 51.1 Å². The molecule has 0 aromatic carbocycles. The van der Waals surface area contributed by atoms with Gasteiger partial charge in [0.05, 0.1) is 5.52 Å². The minimum absolute atomic E-state index is 0.539. The summed E-state index contributed by atoms with van der Waals surface area (Å²) >= 11 is 0. The average Bonchev–Trinajstić information content (AvgIpc) is 2.42. The second kappa shape index (κ2) is 7.07. The second-order valence-electron chi connectivity index (χ2n) is 5.12. The molecule has 0 unspecified atom stereocenters. The number of hydrogen-bond acceptors (Lipinski definition) is 3. The van der Waals surface area contributed by atoms with E-state index in [1.54, 1.807) is 6.20 Å². The maximum Gasteiger partial charge on any atom is 0.125 e. The van der Waals surface area contributed by atoms with Gasteiger partial charge in [0.1, 0.15) is 5.82 Å². The van der Waals surface area contributed by atoms with Gasteiger partial charge in [-0.2, -0.15) is 0 Å². The molecule has 0 spiro atoms. The number of nitrogens with zero attached hydrogens (tertiary/aromatic N) is 2. The molecule has 2 aromatic heterocycles. The van der Waals surface area contributed by atoms with Crippen molar-refractivity contribution in [3.05, 3.63) is 30.1 Å². The Morgan fingerprint density at radius 1 is 1.05 bits per heavy atom. The Balaban J connectivity index is 1.87. The number of aryl methyl sites for hydroxylation is 1. The van der Waals surface area contributed by atoms with Gasteiger partial charge in [0.25, 0.3) is 0 Å². The van der Waals surface area contributed by atoms with E-state index in [9.17, 15) is 0 Å². The molecule has 102 valence electrons. The zero-order valence-electron chi connectivity index (χ0n) is 11.7. The molecule has 0 saturated heterocycles. The molecule has 0 radical (unpaired) electrons. The van der Waals surface area contributed by atoms with Gasteiger partial charge in [-0.1, -0.05) is 39.0 Å². The number of pyridine rings is 2. The van der Waals surface area contributed by atoms with Gasteiger partial charge in [0.15, 0.2) is 0 Å². The molecule has 0 amide bonds. The van der Waals surface area contributed by atoms with Crippen molar-refractivity contribution >= 4 is 16.7 Å². The Morgan fingerprint density at radius 2 is 1.84 bits per heavy atom. The SMILES string of the molecule is CCCCCCCCc1ccc2cnc(N)cc2n1. The first-order valence-electron chi connectivity index (χ1n) is 7.31. The minimum Gasteiger partial charge on any atom is -0.384 e. The van der Waals surface area contributed by atoms with E-state index in [-0.39, 0.29) is 0 Å². The first-order valence-corrected chi connectivity index (χ1v) is 7.31. The smallest absolute Gasteiger partial charge is 0.125 e. The molecule has 0 fully saturated rings. The Morgan fingerprint density at radius 3 is 2.68 bits per heavy atom. The van der Waals surface area contributed by atoms with Gasteiger partial charge in [-0.15, -0.1) is 0 Å². The summed E-state index contributed by atoms with van der Waals surface area (Å²) in [4.78, 5) is 8.73. The van der Waals surface area contributed by atoms with Crippen LogP contribution in [0.25, 0.3) is 10.9 Å². The molecule has 19 heavy (non-hydrogen) atoms. The van der Waals surface area contributed by atoms with Crippen molar-refractivity contribution in [3.63, 3.8) is 0 Å². The lowest BCUT2D eigenvalue weighted by atomic mass is 10.1. The summed E-state index contributed by atoms with van der Waals surface area (Å²) in [7, 11) is 0. The van der Waals surface area contributed by atoms with Gasteiger partial charge in [-0.3, -0.25) is 4.98 Å². The molecule has 0 aliphatic rings. The van der Waals surface area contributed by atoms with Crippen molar-refractivity contribution in [2.75, 3.05) is 5.73 Å². The Bertz CT molecular complexity index is 522. The number of nitrogens with two attached hydrogens (primary N) is 1. The van der Waals surface area contributed by atoms with Crippen LogP contribution in [0.4, 0.5) is 5.82 Å². The minimum atomic E-state index is 0.539. The van der Waals surface area contributed by atoms with Gasteiger partial charge >= 0.3 is 0 Å². The molecule has 0 aliphatic carbocycles. The van der Waals surface area contributed by atoms with Gasteiger partial charge in [-0.05, 0) is 25.0 Å². The van der Waals surface area contributed by atoms with E-state index in [1.807, 2.05) is 6.07 Å². The lowest BCUT2D eigenvalue weighted by Gasteiger charge is -2.04. The third-order valence-electron chi connectivity index (χ3n) is 3.44. The van der Waals surface area contributed by atoms with Crippen molar-refractivity contribution in [1.82, 2.24) is 9.97 Å². The second-order valence-corrected chi connectivity index (χ2v) is 5.12. The van der Waals surface area contributed by atoms with Crippen molar-refractivity contribution in [2.45, 2.75) is 51.9 Å². The monoisotopic (exact) mass is 257 g/mol. The average molecular weight is 257 g/mol. The quantitative estimate of drug-likeness (QED) is 0.759. The highest BCUT2D eigenvalue weighted by atomic mass is 14.8. The number of aromatic nitrogens is 2. The van der Waals surface area contributed by atoms with Crippen LogP contribution >= 0.6 is 0 Å². The largest absolute Gasteiger partial charge is 0.384 e. The molecule has 0 atom stereocenters. The third-order valence-corrected chi connectivity index (χ3v) is 3.44. The van der Waals surface area contributed by atoms with Crippen molar-refractivity contribution in [3.8, 4) is 0 Å². The van der Waals surface area contributed by atoms with E-state index >= 15 is 0 Å². The van der Waals surface area contributed by atoms with E-state index in [2.05, 4.69) is 29.0 Å². The molecule has 0 bridgehead atoms. The zero-order valence-corrected chi connectivity index (χ0v) is 11.7. The maximum absolute atomic E-state index is 5.69. The van der Waals surface area contributed by atoms with E-state index in [4.69, 9.17) is 5.73 Å². The Kier molecular flexibility index (Phi) is 5.13. The molecule has 3 nitrogen and oxygen atoms in total. The number of fused-ring (bicyclic) bond motifs is 1. The van der Waals surface area contributed by atoms with E-state index in [0.717, 1.165) is 23.0 Å². The predicted octanol–water partition coefficient (Wildman–Crippen LogP) is 4.12. The van der Waals surface area contributed by atoms with Gasteiger partial charge in [-0.25, -0.2) is 4.98 Å². The van der Waals surface area contributed by atoms with Gasteiger partial charge in [0.2, 0.25) is 0 Å². The van der Waals surface area contributed by atoms with Crippen molar-refractivity contribution in [2.24, 2.45) is 0 Å².